The molecule has 0 heterocycles. The van der Waals surface area contributed by atoms with Gasteiger partial charge in [-0.1, -0.05) is 86.5 Å². The molecular formula is C31H38O4. The van der Waals surface area contributed by atoms with Gasteiger partial charge in [-0.15, -0.1) is 0 Å². The molecule has 0 aromatic heterocycles. The Morgan fingerprint density at radius 3 is 1.91 bits per heavy atom. The van der Waals surface area contributed by atoms with E-state index in [9.17, 15) is 4.79 Å². The predicted molar refractivity (Wildman–Crippen MR) is 141 cm³/mol. The van der Waals surface area contributed by atoms with Crippen LogP contribution in [0.2, 0.25) is 0 Å². The summed E-state index contributed by atoms with van der Waals surface area (Å²) in [6, 6.07) is 26.7. The highest BCUT2D eigenvalue weighted by Crippen LogP contribution is 2.31. The maximum Gasteiger partial charge on any atom is 0.309 e. The smallest absolute Gasteiger partial charge is 0.309 e. The SMILES string of the molecule is CCCCC(Cc1ccc(OCCc2ccccc2)c(OCCc2ccccc2)c1)C(=O)OCC. The molecule has 0 N–H and O–H groups in total. The van der Waals surface area contributed by atoms with Crippen LogP contribution < -0.4 is 9.47 Å². The molecule has 4 nitrogen and oxygen atoms in total. The standard InChI is InChI=1S/C31H38O4/c1-3-5-16-28(31(32)33-4-2)23-27-17-18-29(34-21-19-25-12-8-6-9-13-25)30(24-27)35-22-20-26-14-10-7-11-15-26/h6-15,17-18,24,28H,3-5,16,19-23H2,1-2H3. The van der Waals surface area contributed by atoms with E-state index in [1.807, 2.05) is 61.5 Å². The van der Waals surface area contributed by atoms with Crippen LogP contribution in [0.5, 0.6) is 11.5 Å². The molecular weight excluding hydrogens is 436 g/mol. The minimum absolute atomic E-state index is 0.115. The second-order valence-electron chi connectivity index (χ2n) is 8.74. The molecule has 0 amide bonds. The van der Waals surface area contributed by atoms with Crippen molar-refractivity contribution in [2.45, 2.75) is 52.4 Å². The zero-order valence-electron chi connectivity index (χ0n) is 21.1. The van der Waals surface area contributed by atoms with Crippen molar-refractivity contribution in [2.75, 3.05) is 19.8 Å². The van der Waals surface area contributed by atoms with Gasteiger partial charge < -0.3 is 14.2 Å². The Morgan fingerprint density at radius 2 is 1.34 bits per heavy atom. The summed E-state index contributed by atoms with van der Waals surface area (Å²) in [5.41, 5.74) is 3.53. The van der Waals surface area contributed by atoms with Gasteiger partial charge in [-0.3, -0.25) is 4.79 Å². The predicted octanol–water partition coefficient (Wildman–Crippen LogP) is 6.84. The molecule has 186 valence electrons. The summed E-state index contributed by atoms with van der Waals surface area (Å²) in [5, 5.41) is 0. The van der Waals surface area contributed by atoms with Gasteiger partial charge in [0.2, 0.25) is 0 Å². The van der Waals surface area contributed by atoms with E-state index >= 15 is 0 Å². The van der Waals surface area contributed by atoms with E-state index in [4.69, 9.17) is 14.2 Å². The van der Waals surface area contributed by atoms with E-state index in [-0.39, 0.29) is 11.9 Å². The van der Waals surface area contributed by atoms with Crippen LogP contribution in [0.4, 0.5) is 0 Å². The molecule has 0 saturated carbocycles. The second kappa shape index (κ2) is 14.9. The molecule has 0 aliphatic heterocycles. The monoisotopic (exact) mass is 474 g/mol. The third-order valence-corrected chi connectivity index (χ3v) is 6.00. The highest BCUT2D eigenvalue weighted by Gasteiger charge is 2.20. The molecule has 35 heavy (non-hydrogen) atoms. The van der Waals surface area contributed by atoms with Crippen LogP contribution in [-0.4, -0.2) is 25.8 Å². The summed E-state index contributed by atoms with van der Waals surface area (Å²) in [5.74, 6) is 1.20. The van der Waals surface area contributed by atoms with Gasteiger partial charge >= 0.3 is 5.97 Å². The van der Waals surface area contributed by atoms with Crippen molar-refractivity contribution in [2.24, 2.45) is 5.92 Å². The van der Waals surface area contributed by atoms with Gasteiger partial charge in [0.05, 0.1) is 25.7 Å². The molecule has 1 unspecified atom stereocenters. The van der Waals surface area contributed by atoms with Gasteiger partial charge in [0.1, 0.15) is 0 Å². The van der Waals surface area contributed by atoms with Crippen LogP contribution in [0, 0.1) is 5.92 Å². The van der Waals surface area contributed by atoms with Crippen LogP contribution in [-0.2, 0) is 28.8 Å². The van der Waals surface area contributed by atoms with Crippen LogP contribution in [0.1, 0.15) is 49.8 Å². The quantitative estimate of drug-likeness (QED) is 0.226. The zero-order chi connectivity index (χ0) is 24.7. The average Bonchev–Trinajstić information content (AvgIpc) is 2.89. The maximum absolute atomic E-state index is 12.5. The fraction of sp³-hybridized carbons (Fsp3) is 0.387. The lowest BCUT2D eigenvalue weighted by Gasteiger charge is -2.18. The minimum Gasteiger partial charge on any atom is -0.489 e. The average molecular weight is 475 g/mol. The first-order chi connectivity index (χ1) is 17.2. The first-order valence-electron chi connectivity index (χ1n) is 12.8. The van der Waals surface area contributed by atoms with Gasteiger partial charge in [0, 0.05) is 12.8 Å². The lowest BCUT2D eigenvalue weighted by Crippen LogP contribution is -2.20. The fourth-order valence-corrected chi connectivity index (χ4v) is 4.06. The number of unbranched alkanes of at least 4 members (excludes halogenated alkanes) is 1. The number of rotatable bonds is 15. The first kappa shape index (κ1) is 26.3. The summed E-state index contributed by atoms with van der Waals surface area (Å²) in [7, 11) is 0. The van der Waals surface area contributed by atoms with Crippen LogP contribution in [0.3, 0.4) is 0 Å². The van der Waals surface area contributed by atoms with Crippen LogP contribution in [0.25, 0.3) is 0 Å². The number of benzene rings is 3. The second-order valence-corrected chi connectivity index (χ2v) is 8.74. The highest BCUT2D eigenvalue weighted by atomic mass is 16.5. The summed E-state index contributed by atoms with van der Waals surface area (Å²) in [6.07, 6.45) is 5.17. The molecule has 0 spiro atoms. The number of carbonyl (C=O) groups is 1. The summed E-state index contributed by atoms with van der Waals surface area (Å²) in [4.78, 5) is 12.5. The Morgan fingerprint density at radius 1 is 0.743 bits per heavy atom. The first-order valence-corrected chi connectivity index (χ1v) is 12.8. The Hall–Kier alpha value is -3.27. The topological polar surface area (TPSA) is 44.8 Å². The number of hydrogen-bond donors (Lipinski definition) is 0. The van der Waals surface area contributed by atoms with Crippen LogP contribution >= 0.6 is 0 Å². The van der Waals surface area contributed by atoms with E-state index in [0.717, 1.165) is 49.2 Å². The molecule has 0 fully saturated rings. The van der Waals surface area contributed by atoms with Crippen molar-refractivity contribution in [1.29, 1.82) is 0 Å². The van der Waals surface area contributed by atoms with Crippen molar-refractivity contribution in [3.05, 3.63) is 95.6 Å². The number of esters is 1. The molecule has 0 bridgehead atoms. The Bertz CT molecular complexity index is 1000. The van der Waals surface area contributed by atoms with E-state index in [1.54, 1.807) is 0 Å². The summed E-state index contributed by atoms with van der Waals surface area (Å²) < 4.78 is 17.7. The minimum atomic E-state index is -0.142. The molecule has 1 atom stereocenters. The van der Waals surface area contributed by atoms with Crippen molar-refractivity contribution in [1.82, 2.24) is 0 Å². The molecule has 3 aromatic rings. The Kier molecular flexibility index (Phi) is 11.2. The van der Waals surface area contributed by atoms with E-state index in [2.05, 4.69) is 31.2 Å². The van der Waals surface area contributed by atoms with Gasteiger partial charge in [0.25, 0.3) is 0 Å². The number of ether oxygens (including phenoxy) is 3. The molecule has 0 saturated heterocycles. The van der Waals surface area contributed by atoms with Gasteiger partial charge in [-0.25, -0.2) is 0 Å². The number of carbonyl (C=O) groups excluding carboxylic acids is 1. The molecule has 0 radical (unpaired) electrons. The normalized spacial score (nSPS) is 11.6. The van der Waals surface area contributed by atoms with Crippen molar-refractivity contribution < 1.29 is 19.0 Å². The van der Waals surface area contributed by atoms with E-state index in [1.165, 1.54) is 11.1 Å². The van der Waals surface area contributed by atoms with Gasteiger partial charge in [-0.05, 0) is 48.6 Å². The molecule has 3 aromatic carbocycles. The molecule has 4 heteroatoms. The van der Waals surface area contributed by atoms with Crippen LogP contribution in [0.15, 0.2) is 78.9 Å². The van der Waals surface area contributed by atoms with E-state index in [0.29, 0.717) is 26.2 Å². The summed E-state index contributed by atoms with van der Waals surface area (Å²) in [6.45, 7) is 5.53. The zero-order valence-corrected chi connectivity index (χ0v) is 21.1. The van der Waals surface area contributed by atoms with Gasteiger partial charge in [0.15, 0.2) is 11.5 Å². The largest absolute Gasteiger partial charge is 0.489 e. The third-order valence-electron chi connectivity index (χ3n) is 6.00. The van der Waals surface area contributed by atoms with Crippen molar-refractivity contribution >= 4 is 5.97 Å². The lowest BCUT2D eigenvalue weighted by atomic mass is 9.94. The molecule has 3 rings (SSSR count). The summed E-state index contributed by atoms with van der Waals surface area (Å²) >= 11 is 0. The van der Waals surface area contributed by atoms with Crippen molar-refractivity contribution in [3.63, 3.8) is 0 Å². The molecule has 0 aliphatic carbocycles. The molecule has 0 aliphatic rings. The third kappa shape index (κ3) is 9.12. The lowest BCUT2D eigenvalue weighted by molar-refractivity contribution is -0.148. The highest BCUT2D eigenvalue weighted by molar-refractivity contribution is 5.72. The van der Waals surface area contributed by atoms with Crippen molar-refractivity contribution in [3.8, 4) is 11.5 Å². The van der Waals surface area contributed by atoms with Gasteiger partial charge in [-0.2, -0.15) is 0 Å². The fourth-order valence-electron chi connectivity index (χ4n) is 4.06. The maximum atomic E-state index is 12.5. The Balaban J connectivity index is 1.70. The number of hydrogen-bond acceptors (Lipinski definition) is 4. The Labute approximate surface area is 210 Å². The van der Waals surface area contributed by atoms with E-state index < -0.39 is 0 Å².